The molecule has 0 fully saturated rings. The van der Waals surface area contributed by atoms with Gasteiger partial charge in [-0.2, -0.15) is 0 Å². The number of unbranched alkanes of at least 4 members (excludes halogenated alkanes) is 4. The predicted octanol–water partition coefficient (Wildman–Crippen LogP) is 0.699. The Hall–Kier alpha value is -1.75. The molecular formula is C18H36O10. The summed E-state index contributed by atoms with van der Waals surface area (Å²) in [4.78, 5) is 29.8. The molecule has 28 heavy (non-hydrogen) atoms. The number of aliphatic hydroxyl groups excluding tert-OH is 4. The Morgan fingerprint density at radius 2 is 0.857 bits per heavy atom. The van der Waals surface area contributed by atoms with Gasteiger partial charge in [0.2, 0.25) is 0 Å². The van der Waals surface area contributed by atoms with Crippen molar-refractivity contribution in [1.29, 1.82) is 0 Å². The second-order valence-electron chi connectivity index (χ2n) is 6.33. The van der Waals surface area contributed by atoms with Crippen LogP contribution in [0.5, 0.6) is 0 Å². The van der Waals surface area contributed by atoms with Crippen molar-refractivity contribution in [2.24, 2.45) is 5.41 Å². The molecule has 0 aliphatic rings. The van der Waals surface area contributed by atoms with Crippen LogP contribution in [0.25, 0.3) is 0 Å². The molecule has 0 amide bonds. The highest BCUT2D eigenvalue weighted by atomic mass is 16.4. The van der Waals surface area contributed by atoms with Crippen LogP contribution in [-0.2, 0) is 14.4 Å². The molecule has 0 saturated heterocycles. The molecule has 7 N–H and O–H groups in total. The Morgan fingerprint density at radius 1 is 0.571 bits per heavy atom. The van der Waals surface area contributed by atoms with Gasteiger partial charge in [0, 0.05) is 19.3 Å². The zero-order valence-electron chi connectivity index (χ0n) is 16.5. The minimum absolute atomic E-state index is 0.0628. The third kappa shape index (κ3) is 24.2. The van der Waals surface area contributed by atoms with Gasteiger partial charge in [0.15, 0.2) is 0 Å². The van der Waals surface area contributed by atoms with Crippen LogP contribution in [0.15, 0.2) is 0 Å². The lowest BCUT2D eigenvalue weighted by Crippen LogP contribution is -2.37. The standard InChI is InChI=1S/C7H14O2.C6H10O4.C5H12O4/c1-2-3-4-5-6-7(8)9;7-5(8)3-1-2-4-6(9)10;6-1-5(2-7,3-8)4-9/h2-6H2,1H3,(H,8,9);1-4H2,(H,7,8)(H,9,10);6-9H,1-4H2. The Bertz CT molecular complexity index is 360. The van der Waals surface area contributed by atoms with Gasteiger partial charge in [0.25, 0.3) is 0 Å². The molecule has 10 nitrogen and oxygen atoms in total. The van der Waals surface area contributed by atoms with Gasteiger partial charge in [0.05, 0.1) is 31.8 Å². The van der Waals surface area contributed by atoms with Crippen LogP contribution >= 0.6 is 0 Å². The lowest BCUT2D eigenvalue weighted by atomic mass is 9.93. The number of aliphatic hydroxyl groups is 4. The summed E-state index contributed by atoms with van der Waals surface area (Å²) in [5, 5.41) is 58.5. The Morgan fingerprint density at radius 3 is 1.04 bits per heavy atom. The topological polar surface area (TPSA) is 193 Å². The zero-order valence-corrected chi connectivity index (χ0v) is 16.5. The molecule has 0 aromatic rings. The molecule has 0 aromatic heterocycles. The van der Waals surface area contributed by atoms with E-state index in [1.165, 1.54) is 6.42 Å². The van der Waals surface area contributed by atoms with Crippen molar-refractivity contribution in [2.75, 3.05) is 26.4 Å². The van der Waals surface area contributed by atoms with Crippen LogP contribution in [0.3, 0.4) is 0 Å². The van der Waals surface area contributed by atoms with Crippen molar-refractivity contribution in [1.82, 2.24) is 0 Å². The van der Waals surface area contributed by atoms with Gasteiger partial charge in [-0.15, -0.1) is 0 Å². The second kappa shape index (κ2) is 21.5. The fourth-order valence-electron chi connectivity index (χ4n) is 1.56. The van der Waals surface area contributed by atoms with Crippen LogP contribution in [0, 0.1) is 5.41 Å². The second-order valence-corrected chi connectivity index (χ2v) is 6.33. The minimum atomic E-state index is -1.11. The van der Waals surface area contributed by atoms with E-state index in [0.717, 1.165) is 19.3 Å². The largest absolute Gasteiger partial charge is 0.481 e. The zero-order chi connectivity index (χ0) is 22.4. The molecule has 0 saturated carbocycles. The number of rotatable bonds is 14. The summed E-state index contributed by atoms with van der Waals surface area (Å²) in [6.45, 7) is 0.487. The summed E-state index contributed by atoms with van der Waals surface area (Å²) in [5.74, 6) is -2.41. The smallest absolute Gasteiger partial charge is 0.303 e. The third-order valence-corrected chi connectivity index (χ3v) is 3.62. The first-order chi connectivity index (χ1) is 13.1. The first-order valence-electron chi connectivity index (χ1n) is 9.23. The molecule has 0 atom stereocenters. The van der Waals surface area contributed by atoms with E-state index in [1.807, 2.05) is 0 Å². The van der Waals surface area contributed by atoms with Crippen LogP contribution in [0.2, 0.25) is 0 Å². The number of hydrogen-bond acceptors (Lipinski definition) is 7. The van der Waals surface area contributed by atoms with Gasteiger partial charge in [-0.1, -0.05) is 26.2 Å². The van der Waals surface area contributed by atoms with Crippen molar-refractivity contribution >= 4 is 17.9 Å². The lowest BCUT2D eigenvalue weighted by molar-refractivity contribution is -0.139. The average Bonchev–Trinajstić information content (AvgIpc) is 2.65. The Balaban J connectivity index is -0.000000336. The highest BCUT2D eigenvalue weighted by Crippen LogP contribution is 2.11. The van der Waals surface area contributed by atoms with E-state index in [4.69, 9.17) is 35.7 Å². The third-order valence-electron chi connectivity index (χ3n) is 3.62. The van der Waals surface area contributed by atoms with Crippen molar-refractivity contribution in [3.05, 3.63) is 0 Å². The summed E-state index contributed by atoms with van der Waals surface area (Å²) in [7, 11) is 0. The van der Waals surface area contributed by atoms with E-state index in [9.17, 15) is 14.4 Å². The highest BCUT2D eigenvalue weighted by Gasteiger charge is 2.26. The molecule has 0 radical (unpaired) electrons. The number of carbonyl (C=O) groups is 3. The van der Waals surface area contributed by atoms with Crippen molar-refractivity contribution in [3.63, 3.8) is 0 Å². The molecule has 0 unspecified atom stereocenters. The molecule has 0 heterocycles. The average molecular weight is 412 g/mol. The van der Waals surface area contributed by atoms with E-state index in [1.54, 1.807) is 0 Å². The van der Waals surface area contributed by atoms with Crippen LogP contribution in [0.4, 0.5) is 0 Å². The van der Waals surface area contributed by atoms with Crippen LogP contribution in [-0.4, -0.2) is 80.1 Å². The monoisotopic (exact) mass is 412 g/mol. The molecule has 0 aromatic carbocycles. The first-order valence-corrected chi connectivity index (χ1v) is 9.23. The summed E-state index contributed by atoms with van der Waals surface area (Å²) in [6.07, 6.45) is 5.57. The Labute approximate surface area is 165 Å². The maximum atomic E-state index is 9.96. The Kier molecular flexibility index (Phi) is 23.8. The SMILES string of the molecule is CCCCCCC(=O)O.O=C(O)CCCCC(=O)O.OCC(CO)(CO)CO. The molecule has 0 bridgehead atoms. The normalized spacial score (nSPS) is 10.2. The summed E-state index contributed by atoms with van der Waals surface area (Å²) >= 11 is 0. The maximum absolute atomic E-state index is 9.96. The summed E-state index contributed by atoms with van der Waals surface area (Å²) in [5.41, 5.74) is -1.11. The van der Waals surface area contributed by atoms with Gasteiger partial charge in [0.1, 0.15) is 0 Å². The van der Waals surface area contributed by atoms with E-state index >= 15 is 0 Å². The van der Waals surface area contributed by atoms with Crippen molar-refractivity contribution in [3.8, 4) is 0 Å². The van der Waals surface area contributed by atoms with Gasteiger partial charge in [-0.3, -0.25) is 14.4 Å². The molecule has 0 spiro atoms. The van der Waals surface area contributed by atoms with E-state index in [2.05, 4.69) is 6.92 Å². The fraction of sp³-hybridized carbons (Fsp3) is 0.833. The molecular weight excluding hydrogens is 376 g/mol. The molecule has 10 heteroatoms. The molecule has 0 rings (SSSR count). The maximum Gasteiger partial charge on any atom is 0.303 e. The molecule has 0 aliphatic carbocycles. The molecule has 0 aliphatic heterocycles. The summed E-state index contributed by atoms with van der Waals surface area (Å²) in [6, 6.07) is 0. The van der Waals surface area contributed by atoms with E-state index in [0.29, 0.717) is 19.3 Å². The van der Waals surface area contributed by atoms with Gasteiger partial charge in [-0.25, -0.2) is 0 Å². The number of carboxylic acids is 3. The molecule has 168 valence electrons. The lowest BCUT2D eigenvalue weighted by Gasteiger charge is -2.23. The van der Waals surface area contributed by atoms with Crippen molar-refractivity contribution in [2.45, 2.75) is 64.7 Å². The van der Waals surface area contributed by atoms with Gasteiger partial charge in [-0.05, 0) is 19.3 Å². The fourth-order valence-corrected chi connectivity index (χ4v) is 1.56. The number of hydrogen-bond donors (Lipinski definition) is 7. The van der Waals surface area contributed by atoms with Crippen LogP contribution in [0.1, 0.15) is 64.7 Å². The predicted molar refractivity (Wildman–Crippen MR) is 101 cm³/mol. The van der Waals surface area contributed by atoms with E-state index < -0.39 is 49.8 Å². The number of carboxylic acid groups (broad SMARTS) is 3. The highest BCUT2D eigenvalue weighted by molar-refractivity contribution is 5.68. The first kappa shape index (κ1) is 31.0. The van der Waals surface area contributed by atoms with Crippen molar-refractivity contribution < 1.29 is 50.1 Å². The van der Waals surface area contributed by atoms with Gasteiger partial charge >= 0.3 is 17.9 Å². The summed E-state index contributed by atoms with van der Waals surface area (Å²) < 4.78 is 0. The van der Waals surface area contributed by atoms with E-state index in [-0.39, 0.29) is 12.8 Å². The number of aliphatic carboxylic acids is 3. The minimum Gasteiger partial charge on any atom is -0.481 e. The van der Waals surface area contributed by atoms with Crippen LogP contribution < -0.4 is 0 Å². The van der Waals surface area contributed by atoms with Gasteiger partial charge < -0.3 is 35.7 Å². The quantitative estimate of drug-likeness (QED) is 0.200.